The number of aliphatic carboxylic acids is 1. The van der Waals surface area contributed by atoms with Gasteiger partial charge >= 0.3 is 5.97 Å². The van der Waals surface area contributed by atoms with Gasteiger partial charge in [0.05, 0.1) is 6.26 Å². The van der Waals surface area contributed by atoms with Crippen molar-refractivity contribution < 1.29 is 19.1 Å². The number of carbonyl (C=O) groups is 2. The maximum Gasteiger partial charge on any atom is 0.312 e. The van der Waals surface area contributed by atoms with Crippen LogP contribution in [0.1, 0.15) is 22.0 Å². The van der Waals surface area contributed by atoms with Gasteiger partial charge in [-0.25, -0.2) is 0 Å². The molecule has 0 saturated carbocycles. The molecule has 1 atom stereocenters. The zero-order valence-corrected chi connectivity index (χ0v) is 9.95. The molecule has 1 unspecified atom stereocenters. The predicted octanol–water partition coefficient (Wildman–Crippen LogP) is 2.11. The van der Waals surface area contributed by atoms with E-state index in [9.17, 15) is 14.7 Å². The van der Waals surface area contributed by atoms with Gasteiger partial charge in [0.1, 0.15) is 5.92 Å². The van der Waals surface area contributed by atoms with E-state index in [-0.39, 0.29) is 18.2 Å². The van der Waals surface area contributed by atoms with E-state index >= 15 is 0 Å². The fraction of sp³-hybridized carbons (Fsp3) is 0.143. The van der Waals surface area contributed by atoms with Crippen LogP contribution in [0.3, 0.4) is 0 Å². The van der Waals surface area contributed by atoms with E-state index in [1.165, 1.54) is 11.2 Å². The first-order valence-corrected chi connectivity index (χ1v) is 5.85. The maximum atomic E-state index is 12.3. The predicted molar refractivity (Wildman–Crippen MR) is 67.2 cm³/mol. The number of carbonyl (C=O) groups excluding carboxylic acids is 1. The average Bonchev–Trinajstić information content (AvgIpc) is 3.05. The van der Waals surface area contributed by atoms with E-state index in [2.05, 4.69) is 0 Å². The molecule has 0 spiro atoms. The Balaban J connectivity index is 2.01. The van der Waals surface area contributed by atoms with Crippen LogP contribution in [-0.2, 0) is 4.79 Å². The Kier molecular flexibility index (Phi) is 2.59. The summed E-state index contributed by atoms with van der Waals surface area (Å²) in [5.74, 6) is -1.72. The van der Waals surface area contributed by atoms with Gasteiger partial charge in [0, 0.05) is 12.2 Å². The van der Waals surface area contributed by atoms with Crippen LogP contribution >= 0.6 is 0 Å². The fourth-order valence-electron chi connectivity index (χ4n) is 2.34. The summed E-state index contributed by atoms with van der Waals surface area (Å²) in [5, 5.41) is 9.23. The van der Waals surface area contributed by atoms with E-state index in [1.807, 2.05) is 0 Å². The molecular weight excluding hydrogens is 246 g/mol. The summed E-state index contributed by atoms with van der Waals surface area (Å²) < 4.78 is 5.08. The third-order valence-corrected chi connectivity index (χ3v) is 3.24. The molecule has 1 aliphatic rings. The summed E-state index contributed by atoms with van der Waals surface area (Å²) in [6.45, 7) is 0.133. The monoisotopic (exact) mass is 257 g/mol. The van der Waals surface area contributed by atoms with Crippen LogP contribution in [0.4, 0.5) is 5.69 Å². The summed E-state index contributed by atoms with van der Waals surface area (Å²) >= 11 is 0. The van der Waals surface area contributed by atoms with Crippen molar-refractivity contribution in [1.82, 2.24) is 0 Å². The maximum absolute atomic E-state index is 12.3. The number of para-hydroxylation sites is 1. The van der Waals surface area contributed by atoms with E-state index in [1.54, 1.807) is 36.4 Å². The molecule has 0 aliphatic carbocycles. The van der Waals surface area contributed by atoms with Crippen molar-refractivity contribution in [3.05, 3.63) is 54.0 Å². The third kappa shape index (κ3) is 1.79. The number of rotatable bonds is 2. The average molecular weight is 257 g/mol. The van der Waals surface area contributed by atoms with Gasteiger partial charge in [0.2, 0.25) is 0 Å². The van der Waals surface area contributed by atoms with E-state index in [0.717, 1.165) is 0 Å². The van der Waals surface area contributed by atoms with E-state index in [0.29, 0.717) is 11.3 Å². The molecule has 1 N–H and O–H groups in total. The molecule has 96 valence electrons. The number of anilines is 1. The lowest BCUT2D eigenvalue weighted by molar-refractivity contribution is -0.138. The number of hydrogen-bond acceptors (Lipinski definition) is 3. The number of nitrogens with zero attached hydrogens (tertiary/aromatic N) is 1. The van der Waals surface area contributed by atoms with Crippen LogP contribution in [0.25, 0.3) is 0 Å². The zero-order chi connectivity index (χ0) is 13.4. The fourth-order valence-corrected chi connectivity index (χ4v) is 2.34. The zero-order valence-electron chi connectivity index (χ0n) is 9.95. The van der Waals surface area contributed by atoms with Crippen LogP contribution in [0.15, 0.2) is 47.1 Å². The molecule has 2 heterocycles. The largest absolute Gasteiger partial charge is 0.481 e. The standard InChI is InChI=1S/C14H11NO4/c16-13(12-6-3-7-19-12)15-8-10(14(17)18)9-4-1-2-5-11(9)15/h1-7,10H,8H2,(H,17,18). The lowest BCUT2D eigenvalue weighted by atomic mass is 10.0. The molecule has 1 amide bonds. The first-order chi connectivity index (χ1) is 9.18. The van der Waals surface area contributed by atoms with Crippen molar-refractivity contribution in [2.45, 2.75) is 5.92 Å². The number of amides is 1. The van der Waals surface area contributed by atoms with Crippen LogP contribution < -0.4 is 4.90 Å². The Morgan fingerprint density at radius 2 is 2.00 bits per heavy atom. The molecule has 0 bridgehead atoms. The highest BCUT2D eigenvalue weighted by molar-refractivity contribution is 6.07. The summed E-state index contributed by atoms with van der Waals surface area (Å²) in [4.78, 5) is 25.0. The number of benzene rings is 1. The molecule has 1 aromatic heterocycles. The molecule has 5 heteroatoms. The molecule has 0 radical (unpaired) electrons. The quantitative estimate of drug-likeness (QED) is 0.894. The molecule has 1 aliphatic heterocycles. The minimum Gasteiger partial charge on any atom is -0.481 e. The van der Waals surface area contributed by atoms with Crippen molar-refractivity contribution in [2.75, 3.05) is 11.4 Å². The minimum atomic E-state index is -0.929. The summed E-state index contributed by atoms with van der Waals surface area (Å²) in [7, 11) is 0. The topological polar surface area (TPSA) is 70.8 Å². The number of hydrogen-bond donors (Lipinski definition) is 1. The Hall–Kier alpha value is -2.56. The Morgan fingerprint density at radius 3 is 2.68 bits per heavy atom. The second-order valence-electron chi connectivity index (χ2n) is 4.34. The summed E-state index contributed by atoms with van der Waals surface area (Å²) in [6.07, 6.45) is 1.42. The van der Waals surface area contributed by atoms with Gasteiger partial charge in [-0.3, -0.25) is 9.59 Å². The molecule has 2 aromatic rings. The molecule has 3 rings (SSSR count). The van der Waals surface area contributed by atoms with Crippen molar-refractivity contribution in [1.29, 1.82) is 0 Å². The molecule has 0 saturated heterocycles. The lowest BCUT2D eigenvalue weighted by Gasteiger charge is -2.15. The van der Waals surface area contributed by atoms with Crippen molar-refractivity contribution in [3.8, 4) is 0 Å². The normalized spacial score (nSPS) is 17.3. The number of carboxylic acid groups (broad SMARTS) is 1. The van der Waals surface area contributed by atoms with Crippen LogP contribution in [0.2, 0.25) is 0 Å². The summed E-state index contributed by atoms with van der Waals surface area (Å²) in [6, 6.07) is 10.2. The van der Waals surface area contributed by atoms with Crippen LogP contribution in [0.5, 0.6) is 0 Å². The number of furan rings is 1. The van der Waals surface area contributed by atoms with Gasteiger partial charge in [0.25, 0.3) is 5.91 Å². The van der Waals surface area contributed by atoms with Crippen molar-refractivity contribution in [2.24, 2.45) is 0 Å². The van der Waals surface area contributed by atoms with E-state index < -0.39 is 11.9 Å². The molecule has 5 nitrogen and oxygen atoms in total. The van der Waals surface area contributed by atoms with Crippen molar-refractivity contribution >= 4 is 17.6 Å². The van der Waals surface area contributed by atoms with Gasteiger partial charge in [-0.05, 0) is 23.8 Å². The highest BCUT2D eigenvalue weighted by Crippen LogP contribution is 2.37. The molecule has 1 aromatic carbocycles. The first kappa shape index (κ1) is 11.5. The van der Waals surface area contributed by atoms with Gasteiger partial charge in [-0.1, -0.05) is 18.2 Å². The summed E-state index contributed by atoms with van der Waals surface area (Å²) in [5.41, 5.74) is 1.30. The second-order valence-corrected chi connectivity index (χ2v) is 4.34. The van der Waals surface area contributed by atoms with Crippen molar-refractivity contribution in [3.63, 3.8) is 0 Å². The Bertz CT molecular complexity index is 633. The van der Waals surface area contributed by atoms with Crippen LogP contribution in [-0.4, -0.2) is 23.5 Å². The second kappa shape index (κ2) is 4.28. The number of carboxylic acids is 1. The molecule has 19 heavy (non-hydrogen) atoms. The first-order valence-electron chi connectivity index (χ1n) is 5.85. The molecule has 0 fully saturated rings. The van der Waals surface area contributed by atoms with Gasteiger partial charge in [-0.2, -0.15) is 0 Å². The van der Waals surface area contributed by atoms with Gasteiger partial charge in [0.15, 0.2) is 5.76 Å². The highest BCUT2D eigenvalue weighted by Gasteiger charge is 2.37. The van der Waals surface area contributed by atoms with E-state index in [4.69, 9.17) is 4.42 Å². The van der Waals surface area contributed by atoms with Gasteiger partial charge < -0.3 is 14.4 Å². The Labute approximate surface area is 109 Å². The highest BCUT2D eigenvalue weighted by atomic mass is 16.4. The number of fused-ring (bicyclic) bond motifs is 1. The smallest absolute Gasteiger partial charge is 0.312 e. The lowest BCUT2D eigenvalue weighted by Crippen LogP contribution is -2.30. The minimum absolute atomic E-state index is 0.133. The Morgan fingerprint density at radius 1 is 1.21 bits per heavy atom. The molecular formula is C14H11NO4. The van der Waals surface area contributed by atoms with Crippen LogP contribution in [0, 0.1) is 0 Å². The SMILES string of the molecule is O=C(O)C1CN(C(=O)c2ccco2)c2ccccc21. The van der Waals surface area contributed by atoms with Gasteiger partial charge in [-0.15, -0.1) is 0 Å². The third-order valence-electron chi connectivity index (χ3n) is 3.24.